The van der Waals surface area contributed by atoms with Crippen LogP contribution in [0.1, 0.15) is 35.2 Å². The predicted octanol–water partition coefficient (Wildman–Crippen LogP) is 3.36. The summed E-state index contributed by atoms with van der Waals surface area (Å²) in [5, 5.41) is 5.79. The van der Waals surface area contributed by atoms with E-state index in [0.717, 1.165) is 30.5 Å². The van der Waals surface area contributed by atoms with Gasteiger partial charge in [0.1, 0.15) is 0 Å². The summed E-state index contributed by atoms with van der Waals surface area (Å²) >= 11 is 0. The van der Waals surface area contributed by atoms with Crippen LogP contribution in [0.5, 0.6) is 0 Å². The molecule has 1 aliphatic rings. The van der Waals surface area contributed by atoms with Crippen molar-refractivity contribution in [1.29, 1.82) is 0 Å². The van der Waals surface area contributed by atoms with Gasteiger partial charge in [0.25, 0.3) is 5.91 Å². The first-order chi connectivity index (χ1) is 11.6. The lowest BCUT2D eigenvalue weighted by Crippen LogP contribution is -2.28. The molecule has 25 heavy (non-hydrogen) atoms. The molecule has 2 amide bonds. The van der Waals surface area contributed by atoms with Crippen molar-refractivity contribution in [2.75, 3.05) is 11.1 Å². The minimum Gasteiger partial charge on any atom is -0.398 e. The second kappa shape index (κ2) is 8.53. The zero-order valence-corrected chi connectivity index (χ0v) is 14.6. The van der Waals surface area contributed by atoms with Crippen LogP contribution in [0.25, 0.3) is 0 Å². The molecule has 0 aromatic heterocycles. The van der Waals surface area contributed by atoms with E-state index in [9.17, 15) is 9.59 Å². The lowest BCUT2D eigenvalue weighted by atomic mass is 9.85. The van der Waals surface area contributed by atoms with Crippen molar-refractivity contribution in [2.45, 2.75) is 25.8 Å². The van der Waals surface area contributed by atoms with E-state index in [0.29, 0.717) is 17.8 Å². The van der Waals surface area contributed by atoms with Crippen LogP contribution in [0.15, 0.2) is 48.5 Å². The fourth-order valence-corrected chi connectivity index (χ4v) is 2.66. The fraction of sp³-hybridized carbons (Fsp3) is 0.263. The smallest absolute Gasteiger partial charge is 0.253 e. The molecule has 2 aromatic carbocycles. The molecular weight excluding hydrogens is 338 g/mol. The van der Waals surface area contributed by atoms with Crippen molar-refractivity contribution in [3.63, 3.8) is 0 Å². The quantitative estimate of drug-likeness (QED) is 0.716. The molecular formula is C19H22ClN3O2. The van der Waals surface area contributed by atoms with Crippen LogP contribution in [-0.2, 0) is 11.3 Å². The van der Waals surface area contributed by atoms with Crippen LogP contribution in [0.4, 0.5) is 11.4 Å². The summed E-state index contributed by atoms with van der Waals surface area (Å²) in [6.07, 6.45) is 3.08. The predicted molar refractivity (Wildman–Crippen MR) is 102 cm³/mol. The molecule has 6 heteroatoms. The summed E-state index contributed by atoms with van der Waals surface area (Å²) in [4.78, 5) is 24.2. The zero-order valence-electron chi connectivity index (χ0n) is 13.8. The van der Waals surface area contributed by atoms with E-state index in [1.165, 1.54) is 0 Å². The van der Waals surface area contributed by atoms with Gasteiger partial charge in [0.2, 0.25) is 5.91 Å². The van der Waals surface area contributed by atoms with Gasteiger partial charge in [-0.15, -0.1) is 12.4 Å². The second-order valence-electron chi connectivity index (χ2n) is 6.09. The van der Waals surface area contributed by atoms with Gasteiger partial charge < -0.3 is 16.4 Å². The molecule has 5 nitrogen and oxygen atoms in total. The van der Waals surface area contributed by atoms with Gasteiger partial charge in [-0.1, -0.05) is 30.7 Å². The number of nitrogen functional groups attached to an aromatic ring is 1. The molecule has 4 N–H and O–H groups in total. The van der Waals surface area contributed by atoms with E-state index in [1.54, 1.807) is 24.3 Å². The molecule has 0 unspecified atom stereocenters. The highest BCUT2D eigenvalue weighted by Crippen LogP contribution is 2.27. The molecule has 0 spiro atoms. The van der Waals surface area contributed by atoms with Crippen molar-refractivity contribution in [3.05, 3.63) is 59.7 Å². The number of anilines is 2. The van der Waals surface area contributed by atoms with E-state index in [-0.39, 0.29) is 30.1 Å². The van der Waals surface area contributed by atoms with Gasteiger partial charge >= 0.3 is 0 Å². The molecule has 2 aromatic rings. The largest absolute Gasteiger partial charge is 0.398 e. The van der Waals surface area contributed by atoms with Crippen molar-refractivity contribution < 1.29 is 9.59 Å². The van der Waals surface area contributed by atoms with Crippen LogP contribution < -0.4 is 16.4 Å². The maximum absolute atomic E-state index is 12.2. The highest BCUT2D eigenvalue weighted by atomic mass is 35.5. The molecule has 0 atom stereocenters. The highest BCUT2D eigenvalue weighted by molar-refractivity contribution is 5.99. The monoisotopic (exact) mass is 359 g/mol. The molecule has 0 bridgehead atoms. The Morgan fingerprint density at radius 2 is 1.84 bits per heavy atom. The van der Waals surface area contributed by atoms with Crippen LogP contribution in [0.2, 0.25) is 0 Å². The zero-order chi connectivity index (χ0) is 16.9. The van der Waals surface area contributed by atoms with Crippen LogP contribution in [0.3, 0.4) is 0 Å². The fourth-order valence-electron chi connectivity index (χ4n) is 2.66. The summed E-state index contributed by atoms with van der Waals surface area (Å²) in [5.74, 6) is 0.0194. The minimum atomic E-state index is -0.211. The molecule has 0 saturated heterocycles. The van der Waals surface area contributed by atoms with Gasteiger partial charge in [-0.05, 0) is 42.7 Å². The van der Waals surface area contributed by atoms with Crippen LogP contribution >= 0.6 is 12.4 Å². The van der Waals surface area contributed by atoms with E-state index >= 15 is 0 Å². The van der Waals surface area contributed by atoms with E-state index in [2.05, 4.69) is 10.6 Å². The third kappa shape index (κ3) is 4.73. The average Bonchev–Trinajstić information content (AvgIpc) is 2.51. The Balaban J connectivity index is 0.00000225. The molecule has 3 rings (SSSR count). The minimum absolute atomic E-state index is 0. The number of nitrogens with two attached hydrogens (primary N) is 1. The first-order valence-corrected chi connectivity index (χ1v) is 8.16. The summed E-state index contributed by atoms with van der Waals surface area (Å²) < 4.78 is 0. The van der Waals surface area contributed by atoms with Crippen molar-refractivity contribution in [2.24, 2.45) is 5.92 Å². The number of halogens is 1. The van der Waals surface area contributed by atoms with Gasteiger partial charge in [-0.3, -0.25) is 9.59 Å². The number of benzene rings is 2. The number of rotatable bonds is 5. The van der Waals surface area contributed by atoms with E-state index in [1.807, 2.05) is 24.3 Å². The van der Waals surface area contributed by atoms with Gasteiger partial charge in [-0.2, -0.15) is 0 Å². The lowest BCUT2D eigenvalue weighted by Gasteiger charge is -2.24. The average molecular weight is 360 g/mol. The molecule has 0 heterocycles. The third-order valence-corrected chi connectivity index (χ3v) is 4.33. The van der Waals surface area contributed by atoms with Crippen molar-refractivity contribution in [1.82, 2.24) is 5.32 Å². The maximum Gasteiger partial charge on any atom is 0.253 e. The second-order valence-corrected chi connectivity index (χ2v) is 6.09. The lowest BCUT2D eigenvalue weighted by molar-refractivity contribution is -0.122. The van der Waals surface area contributed by atoms with Gasteiger partial charge in [0.15, 0.2) is 0 Å². The summed E-state index contributed by atoms with van der Waals surface area (Å²) in [6, 6.07) is 14.5. The van der Waals surface area contributed by atoms with Gasteiger partial charge in [0, 0.05) is 23.8 Å². The first kappa shape index (κ1) is 18.8. The van der Waals surface area contributed by atoms with Gasteiger partial charge in [-0.25, -0.2) is 0 Å². The number of hydrogen-bond acceptors (Lipinski definition) is 3. The Morgan fingerprint density at radius 1 is 1.08 bits per heavy atom. The summed E-state index contributed by atoms with van der Waals surface area (Å²) in [6.45, 7) is 0.375. The van der Waals surface area contributed by atoms with E-state index in [4.69, 9.17) is 5.73 Å². The normalized spacial score (nSPS) is 13.3. The highest BCUT2D eigenvalue weighted by Gasteiger charge is 2.25. The molecule has 1 fully saturated rings. The third-order valence-electron chi connectivity index (χ3n) is 4.33. The Morgan fingerprint density at radius 3 is 2.52 bits per heavy atom. The van der Waals surface area contributed by atoms with Crippen molar-refractivity contribution in [3.8, 4) is 0 Å². The standard InChI is InChI=1S/C19H21N3O2.ClH/c20-17-10-2-1-9-16(17)19(24)21-12-13-5-3-8-15(11-13)22-18(23)14-6-4-7-14;/h1-3,5,8-11,14H,4,6-7,12,20H2,(H,21,24)(H,22,23);1H. The van der Waals surface area contributed by atoms with Crippen molar-refractivity contribution >= 4 is 35.6 Å². The number of amides is 2. The number of nitrogens with one attached hydrogen (secondary N) is 2. The summed E-state index contributed by atoms with van der Waals surface area (Å²) in [7, 11) is 0. The van der Waals surface area contributed by atoms with E-state index < -0.39 is 0 Å². The Kier molecular flexibility index (Phi) is 6.42. The Bertz CT molecular complexity index is 760. The molecule has 0 radical (unpaired) electrons. The Labute approximate surface area is 153 Å². The molecule has 0 aliphatic heterocycles. The molecule has 132 valence electrons. The topological polar surface area (TPSA) is 84.2 Å². The Hall–Kier alpha value is -2.53. The van der Waals surface area contributed by atoms with Gasteiger partial charge in [0.05, 0.1) is 5.56 Å². The maximum atomic E-state index is 12.2. The number of carbonyl (C=O) groups is 2. The first-order valence-electron chi connectivity index (χ1n) is 8.16. The summed E-state index contributed by atoms with van der Waals surface area (Å²) in [5.41, 5.74) is 8.41. The number of para-hydroxylation sites is 1. The van der Waals surface area contributed by atoms with Crippen LogP contribution in [-0.4, -0.2) is 11.8 Å². The number of carbonyl (C=O) groups excluding carboxylic acids is 2. The van der Waals surface area contributed by atoms with Crippen LogP contribution in [0, 0.1) is 5.92 Å². The number of hydrogen-bond donors (Lipinski definition) is 3. The molecule has 1 saturated carbocycles. The SMILES string of the molecule is Cl.Nc1ccccc1C(=O)NCc1cccc(NC(=O)C2CCC2)c1. The molecule has 1 aliphatic carbocycles.